The van der Waals surface area contributed by atoms with Crippen molar-refractivity contribution in [3.8, 4) is 33.8 Å². The molecular formula is C29H18F10O2. The van der Waals surface area contributed by atoms with Crippen LogP contribution in [0.15, 0.2) is 54.6 Å². The van der Waals surface area contributed by atoms with Gasteiger partial charge in [0, 0.05) is 17.7 Å². The Labute approximate surface area is 226 Å². The minimum absolute atomic E-state index is 0.143. The van der Waals surface area contributed by atoms with Gasteiger partial charge in [-0.05, 0) is 53.4 Å². The molecule has 4 aromatic carbocycles. The number of hydrogen-bond donors (Lipinski definition) is 0. The zero-order valence-electron chi connectivity index (χ0n) is 20.9. The average Bonchev–Trinajstić information content (AvgIpc) is 2.85. The highest BCUT2D eigenvalue weighted by Gasteiger charge is 2.42. The molecule has 41 heavy (non-hydrogen) atoms. The van der Waals surface area contributed by atoms with E-state index in [0.717, 1.165) is 18.6 Å². The summed E-state index contributed by atoms with van der Waals surface area (Å²) >= 11 is 0. The number of ether oxygens (including phenoxy) is 2. The molecule has 4 rings (SSSR count). The lowest BCUT2D eigenvalue weighted by molar-refractivity contribution is -0.189. The molecule has 0 aliphatic heterocycles. The van der Waals surface area contributed by atoms with Crippen molar-refractivity contribution in [2.24, 2.45) is 0 Å². The fourth-order valence-corrected chi connectivity index (χ4v) is 4.22. The van der Waals surface area contributed by atoms with Crippen LogP contribution >= 0.6 is 0 Å². The summed E-state index contributed by atoms with van der Waals surface area (Å²) in [6.07, 6.45) is -3.57. The summed E-state index contributed by atoms with van der Waals surface area (Å²) < 4.78 is 152. The van der Waals surface area contributed by atoms with E-state index >= 15 is 0 Å². The third kappa shape index (κ3) is 6.10. The fourth-order valence-electron chi connectivity index (χ4n) is 4.22. The normalized spacial score (nSPS) is 11.6. The molecule has 0 unspecified atom stereocenters. The highest BCUT2D eigenvalue weighted by molar-refractivity contribution is 5.72. The largest absolute Gasteiger partial charge is 0.457 e. The van der Waals surface area contributed by atoms with E-state index in [9.17, 15) is 43.9 Å². The molecule has 0 bridgehead atoms. The van der Waals surface area contributed by atoms with Crippen LogP contribution in [0.3, 0.4) is 0 Å². The van der Waals surface area contributed by atoms with Crippen molar-refractivity contribution in [2.45, 2.75) is 25.9 Å². The van der Waals surface area contributed by atoms with Crippen LogP contribution in [0.25, 0.3) is 22.3 Å². The molecule has 0 N–H and O–H groups in total. The first-order valence-electron chi connectivity index (χ1n) is 11.9. The zero-order valence-corrected chi connectivity index (χ0v) is 20.9. The Morgan fingerprint density at radius 3 is 1.73 bits per heavy atom. The van der Waals surface area contributed by atoms with Crippen molar-refractivity contribution in [3.63, 3.8) is 0 Å². The molecule has 0 aliphatic carbocycles. The molecule has 0 radical (unpaired) electrons. The Kier molecular flexibility index (Phi) is 8.50. The van der Waals surface area contributed by atoms with Gasteiger partial charge in [0.05, 0.1) is 5.56 Å². The molecule has 0 saturated heterocycles. The molecule has 0 saturated carbocycles. The third-order valence-corrected chi connectivity index (χ3v) is 5.96. The lowest BCUT2D eigenvalue weighted by Crippen LogP contribution is -2.25. The van der Waals surface area contributed by atoms with Crippen LogP contribution in [-0.2, 0) is 12.5 Å². The van der Waals surface area contributed by atoms with Crippen LogP contribution < -0.4 is 9.47 Å². The summed E-state index contributed by atoms with van der Waals surface area (Å²) in [6.45, 7) is 0.245. The van der Waals surface area contributed by atoms with Gasteiger partial charge in [-0.3, -0.25) is 0 Å². The van der Waals surface area contributed by atoms with Gasteiger partial charge >= 0.3 is 6.11 Å². The SMILES string of the molecule is CCCc1ccc(-c2cc(F)c(-c3cc(F)c(C(F)(F)Oc4cc(F)c(OCF)c(F)c4)c(F)c3)c(F)c2)c(F)c1. The number of halogens is 10. The van der Waals surface area contributed by atoms with Gasteiger partial charge in [-0.2, -0.15) is 8.78 Å². The summed E-state index contributed by atoms with van der Waals surface area (Å²) in [5, 5.41) is 0. The number of rotatable bonds is 9. The third-order valence-electron chi connectivity index (χ3n) is 5.96. The number of benzene rings is 4. The number of alkyl halides is 3. The Hall–Kier alpha value is -4.22. The second kappa shape index (κ2) is 11.7. The molecular weight excluding hydrogens is 570 g/mol. The van der Waals surface area contributed by atoms with E-state index in [2.05, 4.69) is 9.47 Å². The Morgan fingerprint density at radius 1 is 0.659 bits per heavy atom. The Morgan fingerprint density at radius 2 is 1.22 bits per heavy atom. The van der Waals surface area contributed by atoms with Crippen molar-refractivity contribution < 1.29 is 53.4 Å². The van der Waals surface area contributed by atoms with Crippen molar-refractivity contribution >= 4 is 0 Å². The summed E-state index contributed by atoms with van der Waals surface area (Å²) in [7, 11) is 0. The van der Waals surface area contributed by atoms with Gasteiger partial charge in [0.25, 0.3) is 0 Å². The van der Waals surface area contributed by atoms with Gasteiger partial charge in [-0.15, -0.1) is 0 Å². The maximum atomic E-state index is 15.0. The first kappa shape index (κ1) is 29.8. The van der Waals surface area contributed by atoms with Crippen LogP contribution in [-0.4, -0.2) is 6.86 Å². The Balaban J connectivity index is 1.68. The Bertz CT molecular complexity index is 1530. The molecule has 0 spiro atoms. The highest BCUT2D eigenvalue weighted by Crippen LogP contribution is 2.40. The molecule has 12 heteroatoms. The van der Waals surface area contributed by atoms with Crippen LogP contribution in [0.4, 0.5) is 43.9 Å². The number of hydrogen-bond acceptors (Lipinski definition) is 2. The lowest BCUT2D eigenvalue weighted by atomic mass is 9.96. The first-order chi connectivity index (χ1) is 19.4. The molecule has 4 aromatic rings. The second-order valence-electron chi connectivity index (χ2n) is 8.78. The molecule has 0 aliphatic rings. The minimum Gasteiger partial charge on any atom is -0.457 e. The van der Waals surface area contributed by atoms with Gasteiger partial charge in [-0.25, -0.2) is 35.1 Å². The van der Waals surface area contributed by atoms with Gasteiger partial charge in [0.1, 0.15) is 40.4 Å². The van der Waals surface area contributed by atoms with E-state index in [0.29, 0.717) is 12.0 Å². The minimum atomic E-state index is -4.88. The summed E-state index contributed by atoms with van der Waals surface area (Å²) in [5.41, 5.74) is -3.53. The van der Waals surface area contributed by atoms with E-state index in [1.54, 1.807) is 6.07 Å². The standard InChI is InChI=1S/C29H18F10O2/c1-2-3-14-4-5-18(19(31)6-14)15-7-20(32)26(21(33)8-15)16-9-22(34)27(23(35)10-16)29(38,39)41-17-11-24(36)28(40-13-30)25(37)12-17/h4-12H,2-3,13H2,1H3. The van der Waals surface area contributed by atoms with E-state index in [1.807, 2.05) is 6.92 Å². The van der Waals surface area contributed by atoms with Crippen LogP contribution in [0.2, 0.25) is 0 Å². The van der Waals surface area contributed by atoms with Crippen LogP contribution in [0, 0.1) is 40.7 Å². The number of aryl methyl sites for hydroxylation is 1. The average molecular weight is 588 g/mol. The quantitative estimate of drug-likeness (QED) is 0.182. The second-order valence-corrected chi connectivity index (χ2v) is 8.78. The fraction of sp³-hybridized carbons (Fsp3) is 0.172. The van der Waals surface area contributed by atoms with Crippen molar-refractivity contribution in [1.29, 1.82) is 0 Å². The van der Waals surface area contributed by atoms with Crippen LogP contribution in [0.5, 0.6) is 11.5 Å². The van der Waals surface area contributed by atoms with Gasteiger partial charge < -0.3 is 9.47 Å². The topological polar surface area (TPSA) is 18.5 Å². The van der Waals surface area contributed by atoms with E-state index in [-0.39, 0.29) is 35.4 Å². The zero-order chi connectivity index (χ0) is 30.1. The summed E-state index contributed by atoms with van der Waals surface area (Å²) in [5.74, 6) is -13.3. The van der Waals surface area contributed by atoms with Crippen molar-refractivity contribution in [1.82, 2.24) is 0 Å². The van der Waals surface area contributed by atoms with Gasteiger partial charge in [0.2, 0.25) is 6.86 Å². The molecule has 0 amide bonds. The monoisotopic (exact) mass is 588 g/mol. The molecule has 0 fully saturated rings. The molecule has 2 nitrogen and oxygen atoms in total. The maximum absolute atomic E-state index is 15.0. The first-order valence-corrected chi connectivity index (χ1v) is 11.9. The van der Waals surface area contributed by atoms with E-state index < -0.39 is 81.9 Å². The highest BCUT2D eigenvalue weighted by atomic mass is 19.3. The smallest absolute Gasteiger partial charge is 0.432 e. The molecule has 0 aromatic heterocycles. The molecule has 0 heterocycles. The van der Waals surface area contributed by atoms with Crippen LogP contribution in [0.1, 0.15) is 24.5 Å². The van der Waals surface area contributed by atoms with Crippen molar-refractivity contribution in [2.75, 3.05) is 6.86 Å². The summed E-state index contributed by atoms with van der Waals surface area (Å²) in [6, 6.07) is 6.29. The predicted octanol–water partition coefficient (Wildman–Crippen LogP) is 9.38. The van der Waals surface area contributed by atoms with Gasteiger partial charge in [-0.1, -0.05) is 25.5 Å². The van der Waals surface area contributed by atoms with E-state index in [4.69, 9.17) is 0 Å². The van der Waals surface area contributed by atoms with E-state index in [1.165, 1.54) is 12.1 Å². The molecule has 216 valence electrons. The van der Waals surface area contributed by atoms with Gasteiger partial charge in [0.15, 0.2) is 17.4 Å². The summed E-state index contributed by atoms with van der Waals surface area (Å²) in [4.78, 5) is 0. The van der Waals surface area contributed by atoms with Crippen molar-refractivity contribution in [3.05, 3.63) is 106 Å². The maximum Gasteiger partial charge on any atom is 0.432 e. The lowest BCUT2D eigenvalue weighted by Gasteiger charge is -2.20. The molecule has 0 atom stereocenters. The predicted molar refractivity (Wildman–Crippen MR) is 129 cm³/mol.